The number of benzene rings is 2. The highest BCUT2D eigenvalue weighted by Gasteiger charge is 2.40. The van der Waals surface area contributed by atoms with Gasteiger partial charge in [0, 0.05) is 25.2 Å². The number of hydrogen-bond donors (Lipinski definition) is 4. The van der Waals surface area contributed by atoms with Crippen LogP contribution in [0.5, 0.6) is 0 Å². The number of amides is 1. The third-order valence-corrected chi connectivity index (χ3v) is 21.3. The Kier molecular flexibility index (Phi) is 16.9. The van der Waals surface area contributed by atoms with Gasteiger partial charge in [-0.2, -0.15) is 8.61 Å². The zero-order chi connectivity index (χ0) is 54.8. The van der Waals surface area contributed by atoms with E-state index in [4.69, 9.17) is 15.3 Å². The smallest absolute Gasteiger partial charge is 0.338 e. The molecule has 2 aliphatic heterocycles. The van der Waals surface area contributed by atoms with E-state index in [-0.39, 0.29) is 64.3 Å². The van der Waals surface area contributed by atoms with E-state index < -0.39 is 69.0 Å². The maximum Gasteiger partial charge on any atom is 0.338 e. The van der Waals surface area contributed by atoms with Crippen LogP contribution in [-0.2, 0) is 37.6 Å². The maximum atomic E-state index is 14.7. The first-order chi connectivity index (χ1) is 34.5. The summed E-state index contributed by atoms with van der Waals surface area (Å²) in [6, 6.07) is 13.2. The van der Waals surface area contributed by atoms with Crippen LogP contribution in [0.1, 0.15) is 106 Å². The van der Waals surface area contributed by atoms with Gasteiger partial charge in [-0.25, -0.2) is 49.7 Å². The zero-order valence-corrected chi connectivity index (χ0v) is 45.3. The van der Waals surface area contributed by atoms with Gasteiger partial charge in [0.15, 0.2) is 8.32 Å². The fourth-order valence-corrected chi connectivity index (χ4v) is 12.1. The first-order valence-corrected chi connectivity index (χ1v) is 29.0. The number of anilines is 2. The van der Waals surface area contributed by atoms with Crippen molar-refractivity contribution < 1.29 is 49.8 Å². The quantitative estimate of drug-likeness (QED) is 0.0974. The van der Waals surface area contributed by atoms with Gasteiger partial charge >= 0.3 is 5.97 Å². The monoisotopic (exact) mass is 1080 g/mol. The van der Waals surface area contributed by atoms with Crippen molar-refractivity contribution in [1.29, 1.82) is 0 Å². The van der Waals surface area contributed by atoms with E-state index in [0.717, 1.165) is 24.3 Å². The number of hydrogen-bond acceptors (Lipinski definition) is 17. The second kappa shape index (κ2) is 22.1. The third-order valence-electron chi connectivity index (χ3n) is 12.5. The molecule has 6 heterocycles. The van der Waals surface area contributed by atoms with E-state index in [1.54, 1.807) is 57.5 Å². The van der Waals surface area contributed by atoms with Crippen LogP contribution in [0, 0.1) is 11.6 Å². The second-order valence-electron chi connectivity index (χ2n) is 19.6. The number of rotatable bonds is 13. The van der Waals surface area contributed by atoms with Gasteiger partial charge in [-0.15, -0.1) is 10.2 Å². The van der Waals surface area contributed by atoms with Crippen LogP contribution in [0.3, 0.4) is 0 Å². The molecule has 74 heavy (non-hydrogen) atoms. The van der Waals surface area contributed by atoms with Crippen LogP contribution in [-0.4, -0.2) is 132 Å². The molecule has 398 valence electrons. The van der Waals surface area contributed by atoms with Crippen molar-refractivity contribution in [3.8, 4) is 23.0 Å². The van der Waals surface area contributed by atoms with E-state index >= 15 is 0 Å². The number of halogens is 2. The molecule has 0 spiro atoms. The van der Waals surface area contributed by atoms with Crippen molar-refractivity contribution in [1.82, 2.24) is 59.0 Å². The van der Waals surface area contributed by atoms with Gasteiger partial charge in [0.05, 0.1) is 46.2 Å². The van der Waals surface area contributed by atoms with Gasteiger partial charge in [0.25, 0.3) is 5.91 Å². The molecule has 0 unspecified atom stereocenters. The molecule has 23 nitrogen and oxygen atoms in total. The molecule has 1 amide bonds. The summed E-state index contributed by atoms with van der Waals surface area (Å²) in [5, 5.41) is 44.1. The topological polar surface area (TPSA) is 310 Å². The lowest BCUT2D eigenvalue weighted by atomic mass is 10.1. The van der Waals surface area contributed by atoms with Crippen molar-refractivity contribution in [3.63, 3.8) is 0 Å². The number of pyridine rings is 2. The van der Waals surface area contributed by atoms with E-state index in [2.05, 4.69) is 80.2 Å². The number of carboxylic acids is 1. The molecule has 6 aromatic rings. The van der Waals surface area contributed by atoms with E-state index in [0.29, 0.717) is 40.8 Å². The maximum absolute atomic E-state index is 14.7. The Balaban J connectivity index is 0.000000190. The SMILES string of the molecule is CC(C)N1Cc2cc(F)c(C(=O)Nc3cccc(-c4nnnn4[C@H](C)CO)n3)cc2S1(=O)=O.CC(C)N1Cc2cc(F)c(C(=O)O)cc2S1(=O)=O.C[C@H](CO[Si](C)(C)C(C)(C)C)n1nnnc1-c1cccc(N)n1. The molecule has 2 atom stereocenters. The molecule has 0 radical (unpaired) electrons. The van der Waals surface area contributed by atoms with Crippen LogP contribution >= 0.6 is 0 Å². The van der Waals surface area contributed by atoms with Crippen LogP contribution in [0.15, 0.2) is 70.5 Å². The number of nitrogen functional groups attached to an aromatic ring is 1. The summed E-state index contributed by atoms with van der Waals surface area (Å²) >= 11 is 0. The Morgan fingerprint density at radius 3 is 1.70 bits per heavy atom. The second-order valence-corrected chi connectivity index (χ2v) is 28.2. The van der Waals surface area contributed by atoms with E-state index in [1.165, 1.54) is 19.4 Å². The lowest BCUT2D eigenvalue weighted by molar-refractivity contribution is 0.0691. The Bertz CT molecular complexity index is 3280. The number of nitrogens with two attached hydrogens (primary N) is 1. The zero-order valence-electron chi connectivity index (χ0n) is 42.7. The van der Waals surface area contributed by atoms with Crippen LogP contribution in [0.4, 0.5) is 20.4 Å². The van der Waals surface area contributed by atoms with Crippen molar-refractivity contribution in [2.45, 2.75) is 127 Å². The highest BCUT2D eigenvalue weighted by molar-refractivity contribution is 7.89. The number of nitrogens with zero attached hydrogens (tertiary/aromatic N) is 12. The summed E-state index contributed by atoms with van der Waals surface area (Å²) < 4.78 is 89.9. The number of carbonyl (C=O) groups excluding carboxylic acids is 1. The minimum atomic E-state index is -3.82. The summed E-state index contributed by atoms with van der Waals surface area (Å²) in [5.74, 6) is -2.65. The summed E-state index contributed by atoms with van der Waals surface area (Å²) in [7, 11) is -9.34. The number of nitrogens with one attached hydrogen (secondary N) is 1. The molecule has 2 aliphatic rings. The molecule has 8 rings (SSSR count). The Morgan fingerprint density at radius 1 is 0.757 bits per heavy atom. The molecule has 28 heteroatoms. The fourth-order valence-electron chi connectivity index (χ4n) is 7.33. The van der Waals surface area contributed by atoms with Gasteiger partial charge in [0.1, 0.15) is 34.7 Å². The van der Waals surface area contributed by atoms with Gasteiger partial charge in [-0.1, -0.05) is 32.9 Å². The molecule has 0 bridgehead atoms. The number of tetrazole rings is 2. The number of carbonyl (C=O) groups is 2. The van der Waals surface area contributed by atoms with Crippen molar-refractivity contribution in [2.24, 2.45) is 0 Å². The van der Waals surface area contributed by atoms with Crippen LogP contribution < -0.4 is 11.1 Å². The lowest BCUT2D eigenvalue weighted by Crippen LogP contribution is -2.42. The summed E-state index contributed by atoms with van der Waals surface area (Å²) in [6.07, 6.45) is 0. The molecule has 4 aromatic heterocycles. The number of aromatic nitrogens is 10. The van der Waals surface area contributed by atoms with Crippen molar-refractivity contribution >= 4 is 51.9 Å². The molecular weight excluding hydrogens is 1020 g/mol. The minimum absolute atomic E-state index is 0.0114. The minimum Gasteiger partial charge on any atom is -0.478 e. The molecule has 2 aromatic carbocycles. The van der Waals surface area contributed by atoms with Crippen molar-refractivity contribution in [2.75, 3.05) is 24.3 Å². The largest absolute Gasteiger partial charge is 0.478 e. The highest BCUT2D eigenvalue weighted by atomic mass is 32.2. The fraction of sp³-hybridized carbons (Fsp3) is 0.435. The predicted molar refractivity (Wildman–Crippen MR) is 270 cm³/mol. The molecular formula is C46H60F2N14O9S2Si. The summed E-state index contributed by atoms with van der Waals surface area (Å²) in [4.78, 5) is 32.0. The van der Waals surface area contributed by atoms with E-state index in [1.807, 2.05) is 19.1 Å². The summed E-state index contributed by atoms with van der Waals surface area (Å²) in [5.41, 5.74) is 6.30. The van der Waals surface area contributed by atoms with Gasteiger partial charge in [-0.05, 0) is 140 Å². The number of sulfonamides is 2. The number of aromatic carboxylic acids is 1. The van der Waals surface area contributed by atoms with Gasteiger partial charge in [0.2, 0.25) is 31.7 Å². The molecule has 0 fully saturated rings. The van der Waals surface area contributed by atoms with Crippen LogP contribution in [0.2, 0.25) is 18.1 Å². The van der Waals surface area contributed by atoms with Crippen LogP contribution in [0.25, 0.3) is 23.0 Å². The molecule has 0 saturated heterocycles. The number of carboxylic acid groups (broad SMARTS) is 1. The van der Waals surface area contributed by atoms with Crippen molar-refractivity contribution in [3.05, 3.63) is 94.6 Å². The average Bonchev–Trinajstić information content (AvgIpc) is 4.12. The normalized spacial score (nSPS) is 15.9. The Hall–Kier alpha value is -6.56. The Morgan fingerprint density at radius 2 is 1.23 bits per heavy atom. The van der Waals surface area contributed by atoms with Gasteiger partial charge in [-0.3, -0.25) is 4.79 Å². The number of fused-ring (bicyclic) bond motifs is 2. The summed E-state index contributed by atoms with van der Waals surface area (Å²) in [6.45, 7) is 22.3. The number of aliphatic hydroxyl groups is 1. The van der Waals surface area contributed by atoms with E-state index in [9.17, 15) is 40.3 Å². The van der Waals surface area contributed by atoms with Gasteiger partial charge < -0.3 is 25.7 Å². The molecule has 0 aliphatic carbocycles. The molecule has 5 N–H and O–H groups in total. The third kappa shape index (κ3) is 12.0. The standard InChI is InChI=1S/C20H22FN7O4S.C15H26N6OSi.C11H12FNO4S/c1-11(2)27-9-13-7-15(21)14(8-17(13)33(27,31)32)20(30)23-18-6-4-5-16(22-18)19-24-25-26-28(19)12(3)10-29;1-11(10-22-23(5,6)15(2,3)4)21-14(18-19-20-21)12-8-7-9-13(16)17-12;1-6(2)13-5-7-3-9(12)8(11(14)15)4-10(7)18(13,16)17/h4-8,11-12,29H,9-10H2,1-3H3,(H,22,23,30);7-9,11H,10H2,1-6H3,(H2,16,17);3-4,6H,5H2,1-2H3,(H,14,15)/t12-;11-;/m11./s1. The molecule has 0 saturated carbocycles. The number of aliphatic hydroxyl groups excluding tert-OH is 1. The predicted octanol–water partition coefficient (Wildman–Crippen LogP) is 5.93. The lowest BCUT2D eigenvalue weighted by Gasteiger charge is -2.36. The Labute approximate surface area is 428 Å². The average molecular weight is 1080 g/mol. The highest BCUT2D eigenvalue weighted by Crippen LogP contribution is 2.38. The first kappa shape index (κ1) is 56.7. The first-order valence-electron chi connectivity index (χ1n) is 23.2.